The van der Waals surface area contributed by atoms with Gasteiger partial charge in [0.15, 0.2) is 16.3 Å². The molecule has 0 radical (unpaired) electrons. The number of nitrogens with zero attached hydrogens (tertiary/aromatic N) is 2. The smallest absolute Gasteiger partial charge is 0.338 e. The van der Waals surface area contributed by atoms with E-state index < -0.39 is 12.0 Å². The Morgan fingerprint density at radius 2 is 1.88 bits per heavy atom. The van der Waals surface area contributed by atoms with Gasteiger partial charge in [-0.25, -0.2) is 9.79 Å². The molecule has 1 atom stereocenters. The average molecular weight is 668 g/mol. The molecule has 0 unspecified atom stereocenters. The van der Waals surface area contributed by atoms with Crippen LogP contribution >= 0.6 is 27.3 Å². The quantitative estimate of drug-likeness (QED) is 0.159. The molecular weight excluding hydrogens is 636 g/mol. The zero-order valence-corrected chi connectivity index (χ0v) is 26.6. The molecule has 2 aromatic heterocycles. The van der Waals surface area contributed by atoms with E-state index in [1.807, 2.05) is 49.4 Å². The van der Waals surface area contributed by atoms with Crippen molar-refractivity contribution < 1.29 is 28.2 Å². The van der Waals surface area contributed by atoms with E-state index in [1.165, 1.54) is 23.0 Å². The zero-order valence-electron chi connectivity index (χ0n) is 24.2. The highest BCUT2D eigenvalue weighted by Crippen LogP contribution is 2.41. The van der Waals surface area contributed by atoms with Crippen LogP contribution in [-0.2, 0) is 14.3 Å². The number of rotatable bonds is 11. The van der Waals surface area contributed by atoms with Gasteiger partial charge in [0.05, 0.1) is 36.1 Å². The number of carbonyl (C=O) groups is 1. The maximum Gasteiger partial charge on any atom is 0.338 e. The van der Waals surface area contributed by atoms with Gasteiger partial charge in [0, 0.05) is 28.8 Å². The fraction of sp³-hybridized carbons (Fsp3) is 0.281. The minimum Gasteiger partial charge on any atom is -0.493 e. The Morgan fingerprint density at radius 1 is 1.09 bits per heavy atom. The number of benzene rings is 2. The molecule has 11 heteroatoms. The van der Waals surface area contributed by atoms with Gasteiger partial charge in [0.1, 0.15) is 24.2 Å². The number of methoxy groups -OCH3 is 2. The maximum atomic E-state index is 14.1. The minimum atomic E-state index is -0.870. The number of aromatic nitrogens is 1. The van der Waals surface area contributed by atoms with Crippen molar-refractivity contribution in [2.24, 2.45) is 4.99 Å². The zero-order chi connectivity index (χ0) is 30.5. The molecule has 2 aromatic carbocycles. The normalized spacial score (nSPS) is 14.8. The Bertz CT molecular complexity index is 1840. The molecular formula is C32H31BrN2O7S. The Morgan fingerprint density at radius 3 is 2.60 bits per heavy atom. The topological polar surface area (TPSA) is 101 Å². The molecule has 0 amide bonds. The van der Waals surface area contributed by atoms with Gasteiger partial charge in [-0.1, -0.05) is 58.5 Å². The predicted octanol–water partition coefficient (Wildman–Crippen LogP) is 5.24. The second-order valence-corrected chi connectivity index (χ2v) is 11.6. The molecule has 0 saturated carbocycles. The van der Waals surface area contributed by atoms with Crippen LogP contribution in [0.2, 0.25) is 0 Å². The molecule has 1 aliphatic heterocycles. The summed E-state index contributed by atoms with van der Waals surface area (Å²) < 4.78 is 31.3. The van der Waals surface area contributed by atoms with E-state index in [-0.39, 0.29) is 24.3 Å². The van der Waals surface area contributed by atoms with Gasteiger partial charge in [0.2, 0.25) is 0 Å². The summed E-state index contributed by atoms with van der Waals surface area (Å²) in [6.45, 7) is 4.45. The number of ether oxygens (including phenoxy) is 4. The number of thiazole rings is 1. The Labute approximate surface area is 260 Å². The van der Waals surface area contributed by atoms with E-state index in [9.17, 15) is 9.59 Å². The maximum absolute atomic E-state index is 14.1. The van der Waals surface area contributed by atoms with E-state index in [0.717, 1.165) is 16.5 Å². The predicted molar refractivity (Wildman–Crippen MR) is 167 cm³/mol. The van der Waals surface area contributed by atoms with Crippen molar-refractivity contribution in [2.75, 3.05) is 34.0 Å². The highest BCUT2D eigenvalue weighted by atomic mass is 79.9. The number of para-hydroxylation sites is 1. The number of furan rings is 1. The summed E-state index contributed by atoms with van der Waals surface area (Å²) in [7, 11) is 3.08. The van der Waals surface area contributed by atoms with Crippen LogP contribution in [0.5, 0.6) is 11.5 Å². The number of fused-ring (bicyclic) bond motifs is 1. The summed E-state index contributed by atoms with van der Waals surface area (Å²) in [6.07, 6.45) is 2.45. The Kier molecular flexibility index (Phi) is 9.64. The lowest BCUT2D eigenvalue weighted by Crippen LogP contribution is -2.40. The minimum absolute atomic E-state index is 0.0553. The highest BCUT2D eigenvalue weighted by Gasteiger charge is 2.36. The molecule has 1 aliphatic rings. The highest BCUT2D eigenvalue weighted by molar-refractivity contribution is 9.10. The lowest BCUT2D eigenvalue weighted by atomic mass is 9.94. The lowest BCUT2D eigenvalue weighted by Gasteiger charge is -2.27. The fourth-order valence-corrected chi connectivity index (χ4v) is 6.06. The number of esters is 1. The molecule has 9 nitrogen and oxygen atoms in total. The first-order valence-corrected chi connectivity index (χ1v) is 15.3. The average Bonchev–Trinajstić information content (AvgIpc) is 3.59. The second kappa shape index (κ2) is 13.6. The second-order valence-electron chi connectivity index (χ2n) is 9.65. The number of halogens is 1. The molecule has 43 heavy (non-hydrogen) atoms. The van der Waals surface area contributed by atoms with Crippen LogP contribution < -0.4 is 24.4 Å². The van der Waals surface area contributed by atoms with E-state index in [2.05, 4.69) is 20.9 Å². The Hall–Kier alpha value is -3.93. The molecule has 4 aromatic rings. The summed E-state index contributed by atoms with van der Waals surface area (Å²) >= 11 is 4.67. The summed E-state index contributed by atoms with van der Waals surface area (Å²) in [6, 6.07) is 16.0. The molecule has 0 aliphatic carbocycles. The standard InChI is InChI=1S/C32H31BrN2O7S/c1-5-15-40-29-23(7-6-8-25(29)39-4)28-27(31(37)41-17-16-38-3)19(2)34-32-35(28)30(36)26(43-32)18-22-13-14-24(42-22)20-9-11-21(33)12-10-20/h6-14,18,28H,5,15-17H2,1-4H3/b26-18+/t28-/m0/s1. The van der Waals surface area contributed by atoms with Crippen molar-refractivity contribution in [1.29, 1.82) is 0 Å². The summed E-state index contributed by atoms with van der Waals surface area (Å²) in [5.74, 6) is 1.55. The third kappa shape index (κ3) is 6.39. The molecule has 224 valence electrons. The van der Waals surface area contributed by atoms with Gasteiger partial charge < -0.3 is 23.4 Å². The number of hydrogen-bond donors (Lipinski definition) is 0. The molecule has 3 heterocycles. The summed E-state index contributed by atoms with van der Waals surface area (Å²) in [5.41, 5.74) is 1.85. The first-order valence-electron chi connectivity index (χ1n) is 13.7. The van der Waals surface area contributed by atoms with E-state index in [4.69, 9.17) is 23.4 Å². The fourth-order valence-electron chi connectivity index (χ4n) is 4.77. The van der Waals surface area contributed by atoms with E-state index in [0.29, 0.717) is 50.2 Å². The van der Waals surface area contributed by atoms with Crippen LogP contribution in [0.3, 0.4) is 0 Å². The van der Waals surface area contributed by atoms with Crippen molar-refractivity contribution >= 4 is 39.3 Å². The molecule has 0 saturated heterocycles. The van der Waals surface area contributed by atoms with Gasteiger partial charge in [0.25, 0.3) is 5.56 Å². The number of carbonyl (C=O) groups excluding carboxylic acids is 1. The Balaban J connectivity index is 1.66. The largest absolute Gasteiger partial charge is 0.493 e. The van der Waals surface area contributed by atoms with Gasteiger partial charge in [-0.3, -0.25) is 9.36 Å². The third-order valence-corrected chi connectivity index (χ3v) is 8.28. The van der Waals surface area contributed by atoms with Crippen molar-refractivity contribution in [3.63, 3.8) is 0 Å². The van der Waals surface area contributed by atoms with Crippen molar-refractivity contribution in [2.45, 2.75) is 26.3 Å². The molecule has 0 fully saturated rings. The van der Waals surface area contributed by atoms with Crippen molar-refractivity contribution in [3.05, 3.63) is 101 Å². The van der Waals surface area contributed by atoms with E-state index >= 15 is 0 Å². The number of hydrogen-bond acceptors (Lipinski definition) is 9. The van der Waals surface area contributed by atoms with Crippen molar-refractivity contribution in [1.82, 2.24) is 4.57 Å². The van der Waals surface area contributed by atoms with Crippen LogP contribution in [0.25, 0.3) is 17.4 Å². The lowest BCUT2D eigenvalue weighted by molar-refractivity contribution is -0.140. The van der Waals surface area contributed by atoms with Crippen LogP contribution in [0.4, 0.5) is 0 Å². The van der Waals surface area contributed by atoms with Gasteiger partial charge in [-0.2, -0.15) is 0 Å². The monoisotopic (exact) mass is 666 g/mol. The van der Waals surface area contributed by atoms with Crippen LogP contribution in [0.15, 0.2) is 84.5 Å². The molecule has 5 rings (SSSR count). The molecule has 0 spiro atoms. The number of allylic oxidation sites excluding steroid dienone is 1. The van der Waals surface area contributed by atoms with E-state index in [1.54, 1.807) is 32.2 Å². The first kappa shape index (κ1) is 30.5. The molecule has 0 N–H and O–H groups in total. The summed E-state index contributed by atoms with van der Waals surface area (Å²) in [4.78, 5) is 32.7. The first-order chi connectivity index (χ1) is 20.9. The van der Waals surface area contributed by atoms with Gasteiger partial charge in [-0.05, 0) is 43.7 Å². The van der Waals surface area contributed by atoms with Crippen LogP contribution in [-0.4, -0.2) is 44.6 Å². The van der Waals surface area contributed by atoms with Crippen molar-refractivity contribution in [3.8, 4) is 22.8 Å². The summed E-state index contributed by atoms with van der Waals surface area (Å²) in [5, 5.41) is 0. The SMILES string of the molecule is CCCOc1c(OC)cccc1[C@H]1C(C(=O)OCCOC)=C(C)N=c2s/c(=C/c3ccc(-c4ccc(Br)cc4)o3)c(=O)n21. The van der Waals surface area contributed by atoms with Crippen LogP contribution in [0.1, 0.15) is 37.6 Å². The van der Waals surface area contributed by atoms with Gasteiger partial charge in [-0.15, -0.1) is 0 Å². The third-order valence-electron chi connectivity index (χ3n) is 6.77. The van der Waals surface area contributed by atoms with Crippen LogP contribution in [0, 0.1) is 0 Å². The van der Waals surface area contributed by atoms with Gasteiger partial charge >= 0.3 is 5.97 Å². The molecule has 0 bridgehead atoms.